The Morgan fingerprint density at radius 3 is 2.70 bits per heavy atom. The minimum atomic E-state index is 0.470. The smallest absolute Gasteiger partial charge is 0.143 e. The fraction of sp³-hybridized carbons (Fsp3) is 0.429. The number of ether oxygens (including phenoxy) is 1. The van der Waals surface area contributed by atoms with Gasteiger partial charge in [-0.15, -0.1) is 0 Å². The van der Waals surface area contributed by atoms with Crippen LogP contribution in [0.2, 0.25) is 5.15 Å². The molecule has 0 spiro atoms. The number of nitrogens with zero attached hydrogens (tertiary/aromatic N) is 4. The normalized spacial score (nSPS) is 15.8. The lowest BCUT2D eigenvalue weighted by molar-refractivity contribution is 0.246. The first-order valence-electron chi connectivity index (χ1n) is 6.50. The molecule has 3 rings (SSSR count). The van der Waals surface area contributed by atoms with Crippen molar-refractivity contribution in [1.82, 2.24) is 14.9 Å². The van der Waals surface area contributed by atoms with Gasteiger partial charge in [-0.2, -0.15) is 0 Å². The van der Waals surface area contributed by atoms with E-state index in [9.17, 15) is 0 Å². The first-order valence-corrected chi connectivity index (χ1v) is 6.88. The summed E-state index contributed by atoms with van der Waals surface area (Å²) in [6, 6.07) is 4.40. The number of fused-ring (bicyclic) bond motifs is 1. The molecule has 2 aromatic rings. The minimum absolute atomic E-state index is 0.470. The Bertz CT molecular complexity index is 640. The van der Waals surface area contributed by atoms with Gasteiger partial charge in [0.2, 0.25) is 0 Å². The second kappa shape index (κ2) is 5.07. The summed E-state index contributed by atoms with van der Waals surface area (Å²) in [6.07, 6.45) is 1.49. The maximum atomic E-state index is 6.27. The van der Waals surface area contributed by atoms with Crippen LogP contribution in [0.1, 0.15) is 0 Å². The molecule has 0 unspecified atom stereocenters. The number of anilines is 1. The molecule has 1 fully saturated rings. The third-order valence-electron chi connectivity index (χ3n) is 3.82. The van der Waals surface area contributed by atoms with Crippen LogP contribution in [0.4, 0.5) is 5.69 Å². The zero-order valence-electron chi connectivity index (χ0n) is 11.8. The van der Waals surface area contributed by atoms with Gasteiger partial charge in [0.1, 0.15) is 17.2 Å². The summed E-state index contributed by atoms with van der Waals surface area (Å²) in [5, 5.41) is 1.34. The van der Waals surface area contributed by atoms with Crippen LogP contribution in [0.3, 0.4) is 0 Å². The third-order valence-corrected chi connectivity index (χ3v) is 4.11. The van der Waals surface area contributed by atoms with E-state index in [2.05, 4.69) is 33.9 Å². The lowest BCUT2D eigenvalue weighted by Crippen LogP contribution is -2.57. The summed E-state index contributed by atoms with van der Waals surface area (Å²) in [5.41, 5.74) is 1.84. The van der Waals surface area contributed by atoms with Crippen LogP contribution in [0.25, 0.3) is 10.9 Å². The van der Waals surface area contributed by atoms with Gasteiger partial charge in [0.15, 0.2) is 0 Å². The van der Waals surface area contributed by atoms with Crippen LogP contribution in [0.5, 0.6) is 5.75 Å². The maximum absolute atomic E-state index is 6.27. The Labute approximate surface area is 123 Å². The van der Waals surface area contributed by atoms with E-state index in [-0.39, 0.29) is 0 Å². The van der Waals surface area contributed by atoms with Gasteiger partial charge in [-0.3, -0.25) is 0 Å². The van der Waals surface area contributed by atoms with Crippen molar-refractivity contribution in [2.45, 2.75) is 6.04 Å². The fourth-order valence-corrected chi connectivity index (χ4v) is 2.75. The lowest BCUT2D eigenvalue weighted by atomic mass is 10.0. The van der Waals surface area contributed by atoms with Gasteiger partial charge in [-0.25, -0.2) is 9.97 Å². The first kappa shape index (κ1) is 13.4. The van der Waals surface area contributed by atoms with Gasteiger partial charge in [0.05, 0.1) is 23.7 Å². The molecule has 0 amide bonds. The van der Waals surface area contributed by atoms with Crippen molar-refractivity contribution in [2.75, 3.05) is 39.2 Å². The van der Waals surface area contributed by atoms with E-state index < -0.39 is 0 Å². The van der Waals surface area contributed by atoms with Crippen molar-refractivity contribution in [3.63, 3.8) is 0 Å². The monoisotopic (exact) mass is 292 g/mol. The number of hydrogen-bond donors (Lipinski definition) is 0. The van der Waals surface area contributed by atoms with E-state index in [4.69, 9.17) is 16.3 Å². The summed E-state index contributed by atoms with van der Waals surface area (Å²) < 4.78 is 5.49. The molecule has 0 atom stereocenters. The number of halogens is 1. The molecule has 0 saturated carbocycles. The Balaban J connectivity index is 2.08. The summed E-state index contributed by atoms with van der Waals surface area (Å²) in [6.45, 7) is 1.90. The van der Waals surface area contributed by atoms with Crippen molar-refractivity contribution >= 4 is 28.2 Å². The topological polar surface area (TPSA) is 41.5 Å². The van der Waals surface area contributed by atoms with E-state index in [0.29, 0.717) is 11.2 Å². The molecular weight excluding hydrogens is 276 g/mol. The standard InChI is InChI=1S/C14H17ClN4O/c1-18(2)9-6-19(7-9)13-11(20-3)5-4-10-12(13)14(15)17-8-16-10/h4-5,8-9H,6-7H2,1-3H3. The van der Waals surface area contributed by atoms with E-state index in [1.165, 1.54) is 6.33 Å². The Kier molecular flexibility index (Phi) is 3.40. The average molecular weight is 293 g/mol. The highest BCUT2D eigenvalue weighted by Crippen LogP contribution is 2.40. The van der Waals surface area contributed by atoms with Gasteiger partial charge < -0.3 is 14.5 Å². The van der Waals surface area contributed by atoms with Crippen molar-refractivity contribution in [1.29, 1.82) is 0 Å². The van der Waals surface area contributed by atoms with Crippen molar-refractivity contribution in [3.8, 4) is 5.75 Å². The fourth-order valence-electron chi connectivity index (χ4n) is 2.52. The molecule has 106 valence electrons. The molecule has 20 heavy (non-hydrogen) atoms. The predicted molar refractivity (Wildman–Crippen MR) is 80.8 cm³/mol. The number of benzene rings is 1. The molecule has 0 radical (unpaired) electrons. The molecule has 0 N–H and O–H groups in total. The van der Waals surface area contributed by atoms with E-state index in [1.807, 2.05) is 12.1 Å². The van der Waals surface area contributed by atoms with Gasteiger partial charge in [0.25, 0.3) is 0 Å². The van der Waals surface area contributed by atoms with Gasteiger partial charge in [-0.1, -0.05) is 11.6 Å². The average Bonchev–Trinajstić information content (AvgIpc) is 2.36. The van der Waals surface area contributed by atoms with Crippen LogP contribution >= 0.6 is 11.6 Å². The number of hydrogen-bond acceptors (Lipinski definition) is 5. The van der Waals surface area contributed by atoms with Gasteiger partial charge in [-0.05, 0) is 26.2 Å². The van der Waals surface area contributed by atoms with Gasteiger partial charge in [0, 0.05) is 19.1 Å². The minimum Gasteiger partial charge on any atom is -0.495 e. The largest absolute Gasteiger partial charge is 0.495 e. The number of methoxy groups -OCH3 is 1. The summed E-state index contributed by atoms with van der Waals surface area (Å²) >= 11 is 6.27. The highest BCUT2D eigenvalue weighted by molar-refractivity contribution is 6.35. The lowest BCUT2D eigenvalue weighted by Gasteiger charge is -2.45. The van der Waals surface area contributed by atoms with E-state index in [1.54, 1.807) is 7.11 Å². The Morgan fingerprint density at radius 2 is 2.05 bits per heavy atom. The molecule has 6 heteroatoms. The number of likely N-dealkylation sites (N-methyl/N-ethyl adjacent to an activating group) is 1. The quantitative estimate of drug-likeness (QED) is 0.810. The molecular formula is C14H17ClN4O. The Hall–Kier alpha value is -1.59. The highest BCUT2D eigenvalue weighted by Gasteiger charge is 2.32. The second-order valence-electron chi connectivity index (χ2n) is 5.20. The van der Waals surface area contributed by atoms with Crippen LogP contribution in [-0.4, -0.2) is 55.2 Å². The third kappa shape index (κ3) is 2.07. The molecule has 5 nitrogen and oxygen atoms in total. The zero-order valence-corrected chi connectivity index (χ0v) is 12.6. The Morgan fingerprint density at radius 1 is 1.30 bits per heavy atom. The van der Waals surface area contributed by atoms with Crippen LogP contribution in [-0.2, 0) is 0 Å². The van der Waals surface area contributed by atoms with Crippen LogP contribution in [0.15, 0.2) is 18.5 Å². The van der Waals surface area contributed by atoms with Crippen molar-refractivity contribution in [3.05, 3.63) is 23.6 Å². The predicted octanol–water partition coefficient (Wildman–Crippen LogP) is 2.04. The molecule has 0 bridgehead atoms. The zero-order chi connectivity index (χ0) is 14.3. The van der Waals surface area contributed by atoms with Crippen LogP contribution < -0.4 is 9.64 Å². The van der Waals surface area contributed by atoms with Crippen LogP contribution in [0, 0.1) is 0 Å². The number of rotatable bonds is 3. The molecule has 1 aromatic carbocycles. The molecule has 1 aliphatic rings. The maximum Gasteiger partial charge on any atom is 0.143 e. The number of aromatic nitrogens is 2. The second-order valence-corrected chi connectivity index (χ2v) is 5.56. The highest BCUT2D eigenvalue weighted by atomic mass is 35.5. The SMILES string of the molecule is COc1ccc2ncnc(Cl)c2c1N1CC(N(C)C)C1. The van der Waals surface area contributed by atoms with E-state index >= 15 is 0 Å². The van der Waals surface area contributed by atoms with E-state index in [0.717, 1.165) is 35.4 Å². The summed E-state index contributed by atoms with van der Waals surface area (Å²) in [5.74, 6) is 0.811. The van der Waals surface area contributed by atoms with Gasteiger partial charge >= 0.3 is 0 Å². The molecule has 1 aromatic heterocycles. The molecule has 1 aliphatic heterocycles. The first-order chi connectivity index (χ1) is 9.61. The van der Waals surface area contributed by atoms with Crippen molar-refractivity contribution < 1.29 is 4.74 Å². The summed E-state index contributed by atoms with van der Waals surface area (Å²) in [7, 11) is 5.86. The summed E-state index contributed by atoms with van der Waals surface area (Å²) in [4.78, 5) is 12.9. The molecule has 1 saturated heterocycles. The molecule has 0 aliphatic carbocycles. The molecule has 2 heterocycles. The van der Waals surface area contributed by atoms with Crippen molar-refractivity contribution in [2.24, 2.45) is 0 Å².